The van der Waals surface area contributed by atoms with Gasteiger partial charge < -0.3 is 20.3 Å². The predicted molar refractivity (Wildman–Crippen MR) is 116 cm³/mol. The Labute approximate surface area is 186 Å². The SMILES string of the molecule is CNc1cc(-c2cn([C@@H]3CC3(F)F)c3ncccc23)nc2c(C(=O)NC3CCC3O)cnn12. The van der Waals surface area contributed by atoms with Crippen molar-refractivity contribution in [3.05, 3.63) is 42.4 Å². The molecule has 0 radical (unpaired) electrons. The van der Waals surface area contributed by atoms with Crippen LogP contribution in [0.15, 0.2) is 36.8 Å². The molecule has 2 fully saturated rings. The molecule has 3 atom stereocenters. The third kappa shape index (κ3) is 3.06. The number of pyridine rings is 1. The van der Waals surface area contributed by atoms with E-state index in [2.05, 4.69) is 20.7 Å². The minimum absolute atomic E-state index is 0.221. The monoisotopic (exact) mass is 453 g/mol. The number of fused-ring (bicyclic) bond motifs is 2. The average Bonchev–Trinajstić information content (AvgIpc) is 3.16. The molecule has 9 nitrogen and oxygen atoms in total. The number of aliphatic hydroxyl groups excluding tert-OH is 1. The Morgan fingerprint density at radius 1 is 1.30 bits per heavy atom. The van der Waals surface area contributed by atoms with Gasteiger partial charge in [-0.1, -0.05) is 0 Å². The molecule has 6 rings (SSSR count). The van der Waals surface area contributed by atoms with Gasteiger partial charge in [-0.3, -0.25) is 4.79 Å². The van der Waals surface area contributed by atoms with E-state index in [-0.39, 0.29) is 23.9 Å². The number of carbonyl (C=O) groups excluding carboxylic acids is 1. The molecule has 0 aliphatic heterocycles. The lowest BCUT2D eigenvalue weighted by atomic mass is 9.89. The molecule has 33 heavy (non-hydrogen) atoms. The number of aliphatic hydroxyl groups is 1. The second-order valence-electron chi connectivity index (χ2n) is 8.60. The number of aromatic nitrogens is 5. The van der Waals surface area contributed by atoms with E-state index in [0.29, 0.717) is 46.6 Å². The highest BCUT2D eigenvalue weighted by molar-refractivity contribution is 6.01. The van der Waals surface area contributed by atoms with Crippen molar-refractivity contribution < 1.29 is 18.7 Å². The first-order valence-electron chi connectivity index (χ1n) is 10.8. The van der Waals surface area contributed by atoms with Crippen LogP contribution in [0.4, 0.5) is 14.6 Å². The summed E-state index contributed by atoms with van der Waals surface area (Å²) in [4.78, 5) is 21.9. The molecule has 0 aromatic carbocycles. The summed E-state index contributed by atoms with van der Waals surface area (Å²) in [6.45, 7) is 0. The number of anilines is 1. The van der Waals surface area contributed by atoms with E-state index in [1.165, 1.54) is 15.3 Å². The molecule has 1 amide bonds. The second kappa shape index (κ2) is 6.95. The number of amides is 1. The maximum atomic E-state index is 13.9. The maximum Gasteiger partial charge on any atom is 0.270 e. The van der Waals surface area contributed by atoms with Gasteiger partial charge in [-0.05, 0) is 25.0 Å². The summed E-state index contributed by atoms with van der Waals surface area (Å²) < 4.78 is 30.8. The van der Waals surface area contributed by atoms with Gasteiger partial charge in [0.25, 0.3) is 11.8 Å². The Balaban J connectivity index is 1.48. The number of alkyl halides is 2. The summed E-state index contributed by atoms with van der Waals surface area (Å²) in [6, 6.07) is 4.11. The molecule has 4 heterocycles. The van der Waals surface area contributed by atoms with E-state index in [1.54, 1.807) is 31.6 Å². The van der Waals surface area contributed by atoms with Gasteiger partial charge in [0.05, 0.1) is 24.0 Å². The van der Waals surface area contributed by atoms with Crippen LogP contribution in [0.2, 0.25) is 0 Å². The van der Waals surface area contributed by atoms with Crippen LogP contribution in [0.3, 0.4) is 0 Å². The Morgan fingerprint density at radius 2 is 2.12 bits per heavy atom. The van der Waals surface area contributed by atoms with Crippen molar-refractivity contribution in [2.75, 3.05) is 12.4 Å². The Kier molecular flexibility index (Phi) is 4.22. The molecule has 0 bridgehead atoms. The van der Waals surface area contributed by atoms with Gasteiger partial charge in [0.2, 0.25) is 0 Å². The first-order valence-corrected chi connectivity index (χ1v) is 10.8. The standard InChI is InChI=1S/C22H21F2N7O2/c1-25-18-7-15(13-10-30(17-8-22(17,23)24)19-11(13)3-2-6-26-19)28-20-12(9-27-31(18)20)21(33)29-14-4-5-16(14)32/h2-3,6-7,9-10,14,16-17,25,32H,4-5,8H2,1H3,(H,29,33)/t14?,16?,17-/m1/s1. The minimum Gasteiger partial charge on any atom is -0.391 e. The molecule has 4 aromatic heterocycles. The molecular formula is C22H21F2N7O2. The van der Waals surface area contributed by atoms with Crippen molar-refractivity contribution in [2.24, 2.45) is 0 Å². The van der Waals surface area contributed by atoms with E-state index >= 15 is 0 Å². The van der Waals surface area contributed by atoms with Crippen LogP contribution < -0.4 is 10.6 Å². The molecule has 2 aliphatic rings. The van der Waals surface area contributed by atoms with Crippen LogP contribution >= 0.6 is 0 Å². The molecule has 2 aliphatic carbocycles. The zero-order chi connectivity index (χ0) is 22.9. The molecule has 4 aromatic rings. The molecule has 2 saturated carbocycles. The lowest BCUT2D eigenvalue weighted by Crippen LogP contribution is -2.50. The largest absolute Gasteiger partial charge is 0.391 e. The number of nitrogens with one attached hydrogen (secondary N) is 2. The lowest BCUT2D eigenvalue weighted by molar-refractivity contribution is 0.0448. The fraction of sp³-hybridized carbons (Fsp3) is 0.364. The average molecular weight is 453 g/mol. The molecule has 170 valence electrons. The summed E-state index contributed by atoms with van der Waals surface area (Å²) in [5, 5.41) is 20.7. The molecule has 3 N–H and O–H groups in total. The first-order chi connectivity index (χ1) is 15.9. The Morgan fingerprint density at radius 3 is 2.79 bits per heavy atom. The fourth-order valence-corrected chi connectivity index (χ4v) is 4.36. The van der Waals surface area contributed by atoms with Crippen molar-refractivity contribution in [1.29, 1.82) is 0 Å². The van der Waals surface area contributed by atoms with Crippen LogP contribution in [0.5, 0.6) is 0 Å². The minimum atomic E-state index is -2.75. The van der Waals surface area contributed by atoms with E-state index in [0.717, 1.165) is 0 Å². The highest BCUT2D eigenvalue weighted by Gasteiger charge is 2.58. The number of rotatable bonds is 5. The van der Waals surface area contributed by atoms with Gasteiger partial charge in [-0.15, -0.1) is 0 Å². The number of hydrogen-bond donors (Lipinski definition) is 3. The third-order valence-electron chi connectivity index (χ3n) is 6.52. The van der Waals surface area contributed by atoms with Gasteiger partial charge in [0.15, 0.2) is 5.65 Å². The summed E-state index contributed by atoms with van der Waals surface area (Å²) >= 11 is 0. The Hall–Kier alpha value is -3.60. The van der Waals surface area contributed by atoms with Crippen LogP contribution in [-0.4, -0.2) is 60.3 Å². The summed E-state index contributed by atoms with van der Waals surface area (Å²) in [6.07, 6.45) is 5.26. The van der Waals surface area contributed by atoms with Crippen LogP contribution in [0.25, 0.3) is 27.9 Å². The summed E-state index contributed by atoms with van der Waals surface area (Å²) in [7, 11) is 1.72. The van der Waals surface area contributed by atoms with Crippen molar-refractivity contribution >= 4 is 28.4 Å². The maximum absolute atomic E-state index is 13.9. The van der Waals surface area contributed by atoms with Gasteiger partial charge in [0, 0.05) is 42.9 Å². The van der Waals surface area contributed by atoms with Crippen LogP contribution in [0, 0.1) is 0 Å². The van der Waals surface area contributed by atoms with Gasteiger partial charge in [-0.25, -0.2) is 18.7 Å². The number of halogens is 2. The molecule has 0 saturated heterocycles. The van der Waals surface area contributed by atoms with Crippen molar-refractivity contribution in [1.82, 2.24) is 29.5 Å². The number of hydrogen-bond acceptors (Lipinski definition) is 6. The quantitative estimate of drug-likeness (QED) is 0.429. The number of carbonyl (C=O) groups is 1. The second-order valence-corrected chi connectivity index (χ2v) is 8.60. The third-order valence-corrected chi connectivity index (χ3v) is 6.52. The zero-order valence-corrected chi connectivity index (χ0v) is 17.7. The van der Waals surface area contributed by atoms with Crippen molar-refractivity contribution in [3.8, 4) is 11.3 Å². The van der Waals surface area contributed by atoms with Gasteiger partial charge in [-0.2, -0.15) is 9.61 Å². The van der Waals surface area contributed by atoms with Crippen molar-refractivity contribution in [3.63, 3.8) is 0 Å². The van der Waals surface area contributed by atoms with E-state index < -0.39 is 18.1 Å². The van der Waals surface area contributed by atoms with Gasteiger partial charge in [0.1, 0.15) is 23.1 Å². The summed E-state index contributed by atoms with van der Waals surface area (Å²) in [5.74, 6) is -2.54. The van der Waals surface area contributed by atoms with Crippen LogP contribution in [0.1, 0.15) is 35.7 Å². The highest BCUT2D eigenvalue weighted by atomic mass is 19.3. The Bertz CT molecular complexity index is 1410. The topological polar surface area (TPSA) is 109 Å². The fourth-order valence-electron chi connectivity index (χ4n) is 4.36. The number of nitrogens with zero attached hydrogens (tertiary/aromatic N) is 5. The zero-order valence-electron chi connectivity index (χ0n) is 17.7. The van der Waals surface area contributed by atoms with E-state index in [9.17, 15) is 18.7 Å². The first kappa shape index (κ1) is 20.0. The highest BCUT2D eigenvalue weighted by Crippen LogP contribution is 2.54. The van der Waals surface area contributed by atoms with Crippen molar-refractivity contribution in [2.45, 2.75) is 43.4 Å². The smallest absolute Gasteiger partial charge is 0.270 e. The lowest BCUT2D eigenvalue weighted by Gasteiger charge is -2.32. The summed E-state index contributed by atoms with van der Waals surface area (Å²) in [5.41, 5.74) is 2.20. The molecule has 11 heteroatoms. The van der Waals surface area contributed by atoms with E-state index in [4.69, 9.17) is 4.98 Å². The van der Waals surface area contributed by atoms with Gasteiger partial charge >= 0.3 is 0 Å². The normalized spacial score (nSPS) is 23.5. The molecule has 0 spiro atoms. The molecular weight excluding hydrogens is 432 g/mol. The van der Waals surface area contributed by atoms with E-state index in [1.807, 2.05) is 6.07 Å². The molecule has 2 unspecified atom stereocenters. The van der Waals surface area contributed by atoms with Crippen LogP contribution in [-0.2, 0) is 0 Å². The predicted octanol–water partition coefficient (Wildman–Crippen LogP) is 2.62.